The molecule has 0 unspecified atom stereocenters. The molecular weight excluding hydrogens is 495 g/mol. The van der Waals surface area contributed by atoms with E-state index in [9.17, 15) is 0 Å². The van der Waals surface area contributed by atoms with Crippen LogP contribution < -0.4 is 4.74 Å². The summed E-state index contributed by atoms with van der Waals surface area (Å²) in [6.45, 7) is 12.8. The predicted octanol–water partition coefficient (Wildman–Crippen LogP) is 7.09. The summed E-state index contributed by atoms with van der Waals surface area (Å²) in [4.78, 5) is 2.43. The molecule has 4 aromatic rings. The van der Waals surface area contributed by atoms with E-state index < -0.39 is 0 Å². The lowest BCUT2D eigenvalue weighted by Gasteiger charge is -2.30. The molecule has 0 spiro atoms. The molecule has 0 radical (unpaired) electrons. The van der Waals surface area contributed by atoms with Crippen molar-refractivity contribution < 1.29 is 9.47 Å². The molecule has 1 heterocycles. The van der Waals surface area contributed by atoms with Crippen LogP contribution in [0.15, 0.2) is 54.6 Å². The molecule has 0 fully saturated rings. The maximum Gasteiger partial charge on any atom is 0.213 e. The number of halogens is 2. The molecule has 0 aliphatic carbocycles. The number of nitrogens with one attached hydrogen (secondary N) is 2. The van der Waals surface area contributed by atoms with Crippen molar-refractivity contribution in [3.63, 3.8) is 0 Å². The Hall–Kier alpha value is -2.80. The normalized spacial score (nSPS) is 11.1. The molecule has 0 aliphatic heterocycles. The lowest BCUT2D eigenvalue weighted by molar-refractivity contribution is 0.142. The van der Waals surface area contributed by atoms with Gasteiger partial charge in [0.05, 0.1) is 17.8 Å². The number of H-pyrrole nitrogens is 1. The van der Waals surface area contributed by atoms with E-state index in [2.05, 4.69) is 73.1 Å². The Morgan fingerprint density at radius 2 is 1.64 bits per heavy atom. The number of hydrogen-bond donors (Lipinski definition) is 2. The van der Waals surface area contributed by atoms with Gasteiger partial charge in [-0.3, -0.25) is 15.4 Å². The van der Waals surface area contributed by atoms with Gasteiger partial charge in [-0.25, -0.2) is 0 Å². The minimum atomic E-state index is 0. The number of aromatic amines is 1. The van der Waals surface area contributed by atoms with Crippen LogP contribution in [0.5, 0.6) is 5.75 Å². The zero-order valence-electron chi connectivity index (χ0n) is 21.5. The first kappa shape index (κ1) is 29.4. The van der Waals surface area contributed by atoms with E-state index in [0.717, 1.165) is 50.8 Å². The van der Waals surface area contributed by atoms with E-state index in [4.69, 9.17) is 14.9 Å². The van der Waals surface area contributed by atoms with Crippen molar-refractivity contribution in [2.24, 2.45) is 0 Å². The summed E-state index contributed by atoms with van der Waals surface area (Å²) in [5.41, 5.74) is 3.57. The van der Waals surface area contributed by atoms with Crippen molar-refractivity contribution >= 4 is 52.4 Å². The van der Waals surface area contributed by atoms with Gasteiger partial charge in [0, 0.05) is 35.1 Å². The molecule has 4 rings (SSSR count). The molecule has 1 aromatic heterocycles. The van der Waals surface area contributed by atoms with Crippen LogP contribution in [0, 0.1) is 5.41 Å². The van der Waals surface area contributed by atoms with Crippen molar-refractivity contribution in [3.05, 3.63) is 60.2 Å². The molecule has 0 saturated carbocycles. The molecule has 36 heavy (non-hydrogen) atoms. The molecule has 8 heteroatoms. The average molecular weight is 532 g/mol. The highest BCUT2D eigenvalue weighted by molar-refractivity contribution is 6.01. The van der Waals surface area contributed by atoms with Crippen LogP contribution in [0.25, 0.3) is 32.9 Å². The van der Waals surface area contributed by atoms with Gasteiger partial charge in [0.1, 0.15) is 12.4 Å². The van der Waals surface area contributed by atoms with Gasteiger partial charge in [0.15, 0.2) is 0 Å². The van der Waals surface area contributed by atoms with E-state index in [0.29, 0.717) is 25.3 Å². The van der Waals surface area contributed by atoms with Crippen LogP contribution in [0.1, 0.15) is 40.2 Å². The van der Waals surface area contributed by atoms with E-state index in [1.165, 1.54) is 0 Å². The molecule has 3 aromatic carbocycles. The summed E-state index contributed by atoms with van der Waals surface area (Å²) in [5, 5.41) is 19.0. The smallest absolute Gasteiger partial charge is 0.213 e. The Kier molecular flexibility index (Phi) is 10.6. The third-order valence-electron chi connectivity index (χ3n) is 6.14. The summed E-state index contributed by atoms with van der Waals surface area (Å²) in [5.74, 6) is 1.06. The van der Waals surface area contributed by atoms with Crippen molar-refractivity contribution in [2.75, 3.05) is 19.8 Å². The first-order valence-electron chi connectivity index (χ1n) is 12.0. The fourth-order valence-electron chi connectivity index (χ4n) is 4.45. The van der Waals surface area contributed by atoms with Crippen LogP contribution in [-0.4, -0.2) is 52.8 Å². The third kappa shape index (κ3) is 6.49. The minimum Gasteiger partial charge on any atom is -0.492 e. The molecule has 2 N–H and O–H groups in total. The number of nitrogens with zero attached hydrogens (tertiary/aromatic N) is 2. The van der Waals surface area contributed by atoms with Crippen molar-refractivity contribution in [1.82, 2.24) is 15.1 Å². The molecule has 0 bridgehead atoms. The van der Waals surface area contributed by atoms with E-state index in [1.54, 1.807) is 0 Å². The Bertz CT molecular complexity index is 1300. The second-order valence-corrected chi connectivity index (χ2v) is 9.09. The summed E-state index contributed by atoms with van der Waals surface area (Å²) >= 11 is 0. The van der Waals surface area contributed by atoms with Gasteiger partial charge < -0.3 is 9.47 Å². The lowest BCUT2D eigenvalue weighted by atomic mass is 10.0. The number of ether oxygens (including phenoxy) is 2. The lowest BCUT2D eigenvalue weighted by Crippen LogP contribution is -2.39. The molecular formula is C28H36Cl2N4O2. The first-order valence-corrected chi connectivity index (χ1v) is 12.0. The number of hydrogen-bond acceptors (Lipinski definition) is 5. The van der Waals surface area contributed by atoms with Gasteiger partial charge in [0.25, 0.3) is 0 Å². The number of benzene rings is 3. The number of fused-ring (bicyclic) bond motifs is 2. The standard InChI is InChI=1S/C28H34N4O2.2ClH/c1-6-33-28(29)23-10-12-26-25(17-23)27(31-30-26)22-8-7-21-16-24(11-9-20(21)15-22)34-14-13-32(18(2)3)19(4)5;;/h7-12,15-19,29H,6,13-14H2,1-5H3,(H,30,31);2*1H. The Labute approximate surface area is 225 Å². The maximum absolute atomic E-state index is 8.11. The summed E-state index contributed by atoms with van der Waals surface area (Å²) in [6, 6.07) is 19.4. The van der Waals surface area contributed by atoms with Gasteiger partial charge in [-0.15, -0.1) is 24.8 Å². The molecule has 0 amide bonds. The zero-order chi connectivity index (χ0) is 24.2. The van der Waals surface area contributed by atoms with Crippen molar-refractivity contribution in [1.29, 1.82) is 5.41 Å². The van der Waals surface area contributed by atoms with Gasteiger partial charge >= 0.3 is 0 Å². The highest BCUT2D eigenvalue weighted by Gasteiger charge is 2.14. The average Bonchev–Trinajstić information content (AvgIpc) is 3.24. The number of rotatable bonds is 9. The summed E-state index contributed by atoms with van der Waals surface area (Å²) in [6.07, 6.45) is 0. The highest BCUT2D eigenvalue weighted by atomic mass is 35.5. The Balaban J connectivity index is 0.00000228. The van der Waals surface area contributed by atoms with Crippen molar-refractivity contribution in [2.45, 2.75) is 46.7 Å². The van der Waals surface area contributed by atoms with E-state index in [-0.39, 0.29) is 30.7 Å². The second kappa shape index (κ2) is 12.9. The molecule has 6 nitrogen and oxygen atoms in total. The molecule has 0 saturated heterocycles. The monoisotopic (exact) mass is 530 g/mol. The SMILES string of the molecule is CCOC(=N)c1ccc2[nH]nc(-c3ccc4cc(OCCN(C(C)C)C(C)C)ccc4c3)c2c1.Cl.Cl. The Morgan fingerprint density at radius 3 is 2.33 bits per heavy atom. The van der Waals surface area contributed by atoms with Crippen LogP contribution in [0.2, 0.25) is 0 Å². The third-order valence-corrected chi connectivity index (χ3v) is 6.14. The fourth-order valence-corrected chi connectivity index (χ4v) is 4.45. The molecule has 194 valence electrons. The van der Waals surface area contributed by atoms with Crippen LogP contribution in [0.3, 0.4) is 0 Å². The summed E-state index contributed by atoms with van der Waals surface area (Å²) < 4.78 is 11.4. The second-order valence-electron chi connectivity index (χ2n) is 9.09. The van der Waals surface area contributed by atoms with Crippen LogP contribution in [0.4, 0.5) is 0 Å². The van der Waals surface area contributed by atoms with E-state index in [1.807, 2.05) is 31.2 Å². The van der Waals surface area contributed by atoms with E-state index >= 15 is 0 Å². The topological polar surface area (TPSA) is 74.2 Å². The Morgan fingerprint density at radius 1 is 0.944 bits per heavy atom. The van der Waals surface area contributed by atoms with Crippen molar-refractivity contribution in [3.8, 4) is 17.0 Å². The van der Waals surface area contributed by atoms with Crippen LogP contribution in [-0.2, 0) is 4.74 Å². The van der Waals surface area contributed by atoms with Gasteiger partial charge in [-0.2, -0.15) is 5.10 Å². The largest absolute Gasteiger partial charge is 0.492 e. The van der Waals surface area contributed by atoms with Crippen LogP contribution >= 0.6 is 24.8 Å². The highest BCUT2D eigenvalue weighted by Crippen LogP contribution is 2.31. The molecule has 0 atom stereocenters. The fraction of sp³-hybridized carbons (Fsp3) is 0.357. The zero-order valence-corrected chi connectivity index (χ0v) is 23.1. The van der Waals surface area contributed by atoms with Gasteiger partial charge in [0.2, 0.25) is 5.90 Å². The minimum absolute atomic E-state index is 0. The van der Waals surface area contributed by atoms with Gasteiger partial charge in [-0.05, 0) is 81.8 Å². The number of aromatic nitrogens is 2. The quantitative estimate of drug-likeness (QED) is 0.179. The summed E-state index contributed by atoms with van der Waals surface area (Å²) in [7, 11) is 0. The van der Waals surface area contributed by atoms with Gasteiger partial charge in [-0.1, -0.05) is 18.2 Å². The molecule has 0 aliphatic rings. The maximum atomic E-state index is 8.11. The predicted molar refractivity (Wildman–Crippen MR) is 154 cm³/mol. The first-order chi connectivity index (χ1) is 16.4.